The SMILES string of the molecule is c1ccc(-c2cc(NCc3ccccn3)nc(NCc3ccccn3)n2)cc1. The number of nitrogens with one attached hydrogen (secondary N) is 2. The lowest BCUT2D eigenvalue weighted by molar-refractivity contribution is 0.987. The summed E-state index contributed by atoms with van der Waals surface area (Å²) < 4.78 is 0. The largest absolute Gasteiger partial charge is 0.364 e. The Balaban J connectivity index is 1.57. The summed E-state index contributed by atoms with van der Waals surface area (Å²) in [5, 5.41) is 6.61. The van der Waals surface area contributed by atoms with Gasteiger partial charge >= 0.3 is 0 Å². The number of pyridine rings is 2. The summed E-state index contributed by atoms with van der Waals surface area (Å²) in [6, 6.07) is 23.7. The molecule has 0 fully saturated rings. The monoisotopic (exact) mass is 368 g/mol. The van der Waals surface area contributed by atoms with E-state index in [4.69, 9.17) is 0 Å². The molecule has 0 aliphatic carbocycles. The molecule has 1 aromatic carbocycles. The average Bonchev–Trinajstić information content (AvgIpc) is 2.78. The topological polar surface area (TPSA) is 75.6 Å². The molecule has 0 amide bonds. The number of hydrogen-bond acceptors (Lipinski definition) is 6. The molecule has 0 atom stereocenters. The quantitative estimate of drug-likeness (QED) is 0.510. The second-order valence-electron chi connectivity index (χ2n) is 6.18. The number of aromatic nitrogens is 4. The van der Waals surface area contributed by atoms with E-state index in [1.54, 1.807) is 12.4 Å². The van der Waals surface area contributed by atoms with E-state index in [2.05, 4.69) is 30.6 Å². The summed E-state index contributed by atoms with van der Waals surface area (Å²) in [7, 11) is 0. The van der Waals surface area contributed by atoms with Crippen LogP contribution < -0.4 is 10.6 Å². The predicted octanol–water partition coefficient (Wildman–Crippen LogP) is 4.16. The molecule has 0 saturated carbocycles. The highest BCUT2D eigenvalue weighted by Crippen LogP contribution is 2.21. The van der Waals surface area contributed by atoms with Crippen LogP contribution in [-0.2, 0) is 13.1 Å². The molecule has 138 valence electrons. The van der Waals surface area contributed by atoms with E-state index in [1.165, 1.54) is 0 Å². The fourth-order valence-corrected chi connectivity index (χ4v) is 2.73. The first-order chi connectivity index (χ1) is 13.9. The molecule has 0 radical (unpaired) electrons. The van der Waals surface area contributed by atoms with E-state index >= 15 is 0 Å². The molecule has 6 heteroatoms. The smallest absolute Gasteiger partial charge is 0.225 e. The maximum Gasteiger partial charge on any atom is 0.225 e. The van der Waals surface area contributed by atoms with E-state index in [1.807, 2.05) is 72.8 Å². The van der Waals surface area contributed by atoms with Crippen molar-refractivity contribution in [2.24, 2.45) is 0 Å². The summed E-state index contributed by atoms with van der Waals surface area (Å²) in [6.45, 7) is 1.14. The highest BCUT2D eigenvalue weighted by atomic mass is 15.1. The van der Waals surface area contributed by atoms with Crippen LogP contribution in [0.4, 0.5) is 11.8 Å². The number of hydrogen-bond donors (Lipinski definition) is 2. The molecular weight excluding hydrogens is 348 g/mol. The summed E-state index contributed by atoms with van der Waals surface area (Å²) in [4.78, 5) is 17.9. The minimum atomic E-state index is 0.551. The van der Waals surface area contributed by atoms with Gasteiger partial charge in [0.1, 0.15) is 5.82 Å². The van der Waals surface area contributed by atoms with Crippen LogP contribution >= 0.6 is 0 Å². The van der Waals surface area contributed by atoms with Crippen molar-refractivity contribution < 1.29 is 0 Å². The highest BCUT2D eigenvalue weighted by molar-refractivity contribution is 5.64. The summed E-state index contributed by atoms with van der Waals surface area (Å²) in [5.41, 5.74) is 3.76. The van der Waals surface area contributed by atoms with Crippen molar-refractivity contribution in [2.75, 3.05) is 10.6 Å². The molecule has 0 bridgehead atoms. The van der Waals surface area contributed by atoms with E-state index in [9.17, 15) is 0 Å². The Hall–Kier alpha value is -3.80. The van der Waals surface area contributed by atoms with Crippen molar-refractivity contribution in [2.45, 2.75) is 13.1 Å². The predicted molar refractivity (Wildman–Crippen MR) is 111 cm³/mol. The van der Waals surface area contributed by atoms with Gasteiger partial charge in [-0.25, -0.2) is 4.98 Å². The first-order valence-electron chi connectivity index (χ1n) is 9.09. The fraction of sp³-hybridized carbons (Fsp3) is 0.0909. The van der Waals surface area contributed by atoms with Gasteiger partial charge in [0, 0.05) is 24.0 Å². The van der Waals surface area contributed by atoms with Gasteiger partial charge in [0.05, 0.1) is 30.2 Å². The molecule has 28 heavy (non-hydrogen) atoms. The lowest BCUT2D eigenvalue weighted by Crippen LogP contribution is -2.09. The zero-order valence-electron chi connectivity index (χ0n) is 15.3. The summed E-state index contributed by atoms with van der Waals surface area (Å²) in [6.07, 6.45) is 3.56. The maximum atomic E-state index is 4.67. The maximum absolute atomic E-state index is 4.67. The van der Waals surface area contributed by atoms with E-state index < -0.39 is 0 Å². The van der Waals surface area contributed by atoms with Gasteiger partial charge in [-0.1, -0.05) is 42.5 Å². The van der Waals surface area contributed by atoms with Crippen LogP contribution in [0.3, 0.4) is 0 Å². The molecule has 0 aliphatic heterocycles. The zero-order valence-corrected chi connectivity index (χ0v) is 15.3. The second-order valence-corrected chi connectivity index (χ2v) is 6.18. The van der Waals surface area contributed by atoms with Crippen LogP contribution in [0.25, 0.3) is 11.3 Å². The third-order valence-electron chi connectivity index (χ3n) is 4.13. The van der Waals surface area contributed by atoms with E-state index in [0.29, 0.717) is 19.0 Å². The Kier molecular flexibility index (Phi) is 5.49. The molecule has 6 nitrogen and oxygen atoms in total. The van der Waals surface area contributed by atoms with Crippen molar-refractivity contribution in [1.82, 2.24) is 19.9 Å². The van der Waals surface area contributed by atoms with Gasteiger partial charge < -0.3 is 10.6 Å². The standard InChI is InChI=1S/C22H20N6/c1-2-8-17(9-3-1)20-14-21(25-15-18-10-4-6-12-23-18)28-22(27-20)26-16-19-11-5-7-13-24-19/h1-14H,15-16H2,(H2,25,26,27,28). The fourth-order valence-electron chi connectivity index (χ4n) is 2.73. The van der Waals surface area contributed by atoms with Gasteiger partial charge in [-0.05, 0) is 24.3 Å². The minimum absolute atomic E-state index is 0.551. The summed E-state index contributed by atoms with van der Waals surface area (Å²) >= 11 is 0. The first-order valence-corrected chi connectivity index (χ1v) is 9.09. The normalized spacial score (nSPS) is 10.4. The Morgan fingerprint density at radius 1 is 0.643 bits per heavy atom. The summed E-state index contributed by atoms with van der Waals surface area (Å²) in [5.74, 6) is 1.29. The van der Waals surface area contributed by atoms with E-state index in [-0.39, 0.29) is 0 Å². The van der Waals surface area contributed by atoms with Crippen LogP contribution in [0.15, 0.2) is 85.2 Å². The van der Waals surface area contributed by atoms with Crippen LogP contribution in [0.2, 0.25) is 0 Å². The highest BCUT2D eigenvalue weighted by Gasteiger charge is 2.07. The number of nitrogens with zero attached hydrogens (tertiary/aromatic N) is 4. The number of rotatable bonds is 7. The molecule has 0 aliphatic rings. The minimum Gasteiger partial charge on any atom is -0.364 e. The van der Waals surface area contributed by atoms with Crippen molar-refractivity contribution in [3.8, 4) is 11.3 Å². The molecule has 0 unspecified atom stereocenters. The molecular formula is C22H20N6. The third-order valence-corrected chi connectivity index (χ3v) is 4.13. The van der Waals surface area contributed by atoms with Gasteiger partial charge in [0.2, 0.25) is 5.95 Å². The van der Waals surface area contributed by atoms with Crippen molar-refractivity contribution >= 4 is 11.8 Å². The number of benzene rings is 1. The molecule has 3 aromatic heterocycles. The van der Waals surface area contributed by atoms with Crippen molar-refractivity contribution in [1.29, 1.82) is 0 Å². The Morgan fingerprint density at radius 3 is 1.93 bits per heavy atom. The molecule has 0 spiro atoms. The van der Waals surface area contributed by atoms with Gasteiger partial charge in [-0.2, -0.15) is 4.98 Å². The van der Waals surface area contributed by atoms with Crippen LogP contribution in [-0.4, -0.2) is 19.9 Å². The van der Waals surface area contributed by atoms with Gasteiger partial charge in [-0.3, -0.25) is 9.97 Å². The molecule has 4 rings (SSSR count). The van der Waals surface area contributed by atoms with Crippen molar-refractivity contribution in [3.63, 3.8) is 0 Å². The molecule has 2 N–H and O–H groups in total. The van der Waals surface area contributed by atoms with Gasteiger partial charge in [0.15, 0.2) is 0 Å². The first kappa shape index (κ1) is 17.6. The lowest BCUT2D eigenvalue weighted by Gasteiger charge is -2.11. The molecule has 3 heterocycles. The number of anilines is 2. The van der Waals surface area contributed by atoms with Gasteiger partial charge in [0.25, 0.3) is 0 Å². The van der Waals surface area contributed by atoms with Crippen LogP contribution in [0.5, 0.6) is 0 Å². The molecule has 0 saturated heterocycles. The second kappa shape index (κ2) is 8.73. The lowest BCUT2D eigenvalue weighted by atomic mass is 10.1. The van der Waals surface area contributed by atoms with Crippen LogP contribution in [0, 0.1) is 0 Å². The molecule has 4 aromatic rings. The van der Waals surface area contributed by atoms with Crippen LogP contribution in [0.1, 0.15) is 11.4 Å². The van der Waals surface area contributed by atoms with Crippen molar-refractivity contribution in [3.05, 3.63) is 96.6 Å². The Labute approximate surface area is 163 Å². The van der Waals surface area contributed by atoms with E-state index in [0.717, 1.165) is 28.5 Å². The Bertz CT molecular complexity index is 945. The zero-order chi connectivity index (χ0) is 19.0. The Morgan fingerprint density at radius 2 is 1.29 bits per heavy atom. The average molecular weight is 368 g/mol. The third kappa shape index (κ3) is 4.67. The van der Waals surface area contributed by atoms with Gasteiger partial charge in [-0.15, -0.1) is 0 Å².